The third kappa shape index (κ3) is 7.52. The fraction of sp³-hybridized carbons (Fsp3) is 0.333. The first kappa shape index (κ1) is 24.1. The molecule has 4 N–H and O–H groups in total. The van der Waals surface area contributed by atoms with Crippen molar-refractivity contribution in [2.75, 3.05) is 11.5 Å². The molecule has 0 aromatic heterocycles. The Balaban J connectivity index is 1.45. The van der Waals surface area contributed by atoms with Gasteiger partial charge in [-0.05, 0) is 86.4 Å². The highest BCUT2D eigenvalue weighted by Crippen LogP contribution is 2.30. The van der Waals surface area contributed by atoms with E-state index in [1.165, 1.54) is 12.5 Å². The minimum Gasteiger partial charge on any atom is -0.459 e. The first-order chi connectivity index (χ1) is 15.9. The van der Waals surface area contributed by atoms with E-state index in [1.807, 2.05) is 6.08 Å². The molecule has 1 aliphatic rings. The molecular formula is C27H32N2O4. The number of ether oxygens (including phenoxy) is 2. The summed E-state index contributed by atoms with van der Waals surface area (Å²) in [6.07, 6.45) is 11.1. The van der Waals surface area contributed by atoms with E-state index in [4.69, 9.17) is 20.9 Å². The number of anilines is 2. The normalized spacial score (nSPS) is 18.1. The van der Waals surface area contributed by atoms with Gasteiger partial charge in [-0.3, -0.25) is 0 Å². The average molecular weight is 449 g/mol. The van der Waals surface area contributed by atoms with Crippen molar-refractivity contribution in [3.63, 3.8) is 0 Å². The van der Waals surface area contributed by atoms with Crippen LogP contribution in [0.3, 0.4) is 0 Å². The molecule has 0 amide bonds. The van der Waals surface area contributed by atoms with Gasteiger partial charge in [-0.15, -0.1) is 6.58 Å². The maximum absolute atomic E-state index is 12.5. The largest absolute Gasteiger partial charge is 0.459 e. The fourth-order valence-corrected chi connectivity index (χ4v) is 3.95. The molecule has 0 heterocycles. The standard InChI is InChI=1S/C27H32N2O4/c1-2-3-4-19-7-13-24(14-8-19)33-27(31)21-10-5-20(6-11-21)9-16-26(30)32-18-22-17-23(28)12-15-25(22)29/h2,5-6,9-12,15-17,19,24H,1,3-4,7-8,13-14,18,28-29H2/b16-9+. The molecule has 1 fully saturated rings. The molecule has 0 aliphatic heterocycles. The Kier molecular flexibility index (Phi) is 8.70. The van der Waals surface area contributed by atoms with Crippen LogP contribution < -0.4 is 11.5 Å². The van der Waals surface area contributed by atoms with Crippen molar-refractivity contribution >= 4 is 29.4 Å². The highest BCUT2D eigenvalue weighted by molar-refractivity contribution is 5.90. The second-order valence-corrected chi connectivity index (χ2v) is 8.44. The zero-order chi connectivity index (χ0) is 23.6. The van der Waals surface area contributed by atoms with E-state index in [1.54, 1.807) is 48.5 Å². The monoisotopic (exact) mass is 448 g/mol. The third-order valence-electron chi connectivity index (χ3n) is 5.94. The average Bonchev–Trinajstić information content (AvgIpc) is 2.83. The highest BCUT2D eigenvalue weighted by Gasteiger charge is 2.23. The van der Waals surface area contributed by atoms with Gasteiger partial charge in [0, 0.05) is 23.0 Å². The van der Waals surface area contributed by atoms with Crippen LogP contribution in [0.5, 0.6) is 0 Å². The Hall–Kier alpha value is -3.54. The van der Waals surface area contributed by atoms with Crippen LogP contribution in [0.15, 0.2) is 61.2 Å². The van der Waals surface area contributed by atoms with Crippen LogP contribution in [0.4, 0.5) is 11.4 Å². The van der Waals surface area contributed by atoms with E-state index in [9.17, 15) is 9.59 Å². The third-order valence-corrected chi connectivity index (χ3v) is 5.94. The Morgan fingerprint density at radius 3 is 2.45 bits per heavy atom. The minimum absolute atomic E-state index is 0.0131. The summed E-state index contributed by atoms with van der Waals surface area (Å²) in [4.78, 5) is 24.5. The van der Waals surface area contributed by atoms with Gasteiger partial charge in [-0.1, -0.05) is 18.2 Å². The minimum atomic E-state index is -0.496. The lowest BCUT2D eigenvalue weighted by molar-refractivity contribution is -0.138. The van der Waals surface area contributed by atoms with Crippen molar-refractivity contribution in [2.45, 2.75) is 51.2 Å². The molecule has 0 saturated heterocycles. The van der Waals surface area contributed by atoms with Crippen LogP contribution in [0, 0.1) is 5.92 Å². The summed E-state index contributed by atoms with van der Waals surface area (Å²) in [6.45, 7) is 3.82. The van der Waals surface area contributed by atoms with E-state index in [0.717, 1.165) is 37.7 Å². The van der Waals surface area contributed by atoms with Gasteiger partial charge in [0.05, 0.1) is 5.56 Å². The van der Waals surface area contributed by atoms with E-state index in [2.05, 4.69) is 6.58 Å². The van der Waals surface area contributed by atoms with Gasteiger partial charge in [0.2, 0.25) is 0 Å². The zero-order valence-corrected chi connectivity index (χ0v) is 18.9. The number of rotatable bonds is 9. The lowest BCUT2D eigenvalue weighted by atomic mass is 9.84. The molecule has 0 spiro atoms. The summed E-state index contributed by atoms with van der Waals surface area (Å²) < 4.78 is 10.9. The number of hydrogen-bond donors (Lipinski definition) is 2. The van der Waals surface area contributed by atoms with Gasteiger partial charge in [0.1, 0.15) is 12.7 Å². The second kappa shape index (κ2) is 11.9. The van der Waals surface area contributed by atoms with Crippen LogP contribution in [0.25, 0.3) is 6.08 Å². The molecule has 3 rings (SSSR count). The first-order valence-electron chi connectivity index (χ1n) is 11.3. The molecular weight excluding hydrogens is 416 g/mol. The number of esters is 2. The Labute approximate surface area is 195 Å². The summed E-state index contributed by atoms with van der Waals surface area (Å²) in [5.41, 5.74) is 14.6. The van der Waals surface area contributed by atoms with E-state index >= 15 is 0 Å². The number of carbonyl (C=O) groups is 2. The van der Waals surface area contributed by atoms with Crippen molar-refractivity contribution in [3.05, 3.63) is 77.9 Å². The molecule has 33 heavy (non-hydrogen) atoms. The molecule has 2 aromatic rings. The predicted molar refractivity (Wildman–Crippen MR) is 131 cm³/mol. The SMILES string of the molecule is C=CCCC1CCC(OC(=O)c2ccc(/C=C/C(=O)OCc3cc(N)ccc3N)cc2)CC1. The van der Waals surface area contributed by atoms with E-state index in [0.29, 0.717) is 28.4 Å². The first-order valence-corrected chi connectivity index (χ1v) is 11.3. The molecule has 1 aliphatic carbocycles. The summed E-state index contributed by atoms with van der Waals surface area (Å²) >= 11 is 0. The summed E-state index contributed by atoms with van der Waals surface area (Å²) in [7, 11) is 0. The zero-order valence-electron chi connectivity index (χ0n) is 18.9. The quantitative estimate of drug-likeness (QED) is 0.234. The summed E-state index contributed by atoms with van der Waals surface area (Å²) in [5, 5.41) is 0. The molecule has 6 heteroatoms. The number of benzene rings is 2. The Morgan fingerprint density at radius 1 is 1.03 bits per heavy atom. The molecule has 6 nitrogen and oxygen atoms in total. The number of nitrogens with two attached hydrogens (primary N) is 2. The lowest BCUT2D eigenvalue weighted by Crippen LogP contribution is -2.24. The molecule has 0 radical (unpaired) electrons. The van der Waals surface area contributed by atoms with Crippen molar-refractivity contribution in [1.82, 2.24) is 0 Å². The predicted octanol–water partition coefficient (Wildman–Crippen LogP) is 5.29. The van der Waals surface area contributed by atoms with Gasteiger partial charge in [-0.2, -0.15) is 0 Å². The lowest BCUT2D eigenvalue weighted by Gasteiger charge is -2.28. The van der Waals surface area contributed by atoms with Crippen LogP contribution in [0.1, 0.15) is 60.0 Å². The Bertz CT molecular complexity index is 990. The maximum Gasteiger partial charge on any atom is 0.338 e. The summed E-state index contributed by atoms with van der Waals surface area (Å²) in [5.74, 6) is -0.0953. The highest BCUT2D eigenvalue weighted by atomic mass is 16.5. The maximum atomic E-state index is 12.5. The van der Waals surface area contributed by atoms with Crippen molar-refractivity contribution < 1.29 is 19.1 Å². The van der Waals surface area contributed by atoms with Crippen molar-refractivity contribution in [3.8, 4) is 0 Å². The summed E-state index contributed by atoms with van der Waals surface area (Å²) in [6, 6.07) is 12.0. The Morgan fingerprint density at radius 2 is 1.76 bits per heavy atom. The number of nitrogen functional groups attached to an aromatic ring is 2. The van der Waals surface area contributed by atoms with Gasteiger partial charge in [-0.25, -0.2) is 9.59 Å². The number of carbonyl (C=O) groups excluding carboxylic acids is 2. The van der Waals surface area contributed by atoms with Gasteiger partial charge >= 0.3 is 11.9 Å². The van der Waals surface area contributed by atoms with Gasteiger partial charge in [0.15, 0.2) is 0 Å². The van der Waals surface area contributed by atoms with Crippen molar-refractivity contribution in [1.29, 1.82) is 0 Å². The number of hydrogen-bond acceptors (Lipinski definition) is 6. The van der Waals surface area contributed by atoms with Crippen LogP contribution in [0.2, 0.25) is 0 Å². The number of allylic oxidation sites excluding steroid dienone is 1. The van der Waals surface area contributed by atoms with Crippen LogP contribution >= 0.6 is 0 Å². The van der Waals surface area contributed by atoms with Crippen LogP contribution in [-0.2, 0) is 20.9 Å². The molecule has 174 valence electrons. The van der Waals surface area contributed by atoms with Crippen molar-refractivity contribution in [2.24, 2.45) is 5.92 Å². The smallest absolute Gasteiger partial charge is 0.338 e. The molecule has 0 unspecified atom stereocenters. The van der Waals surface area contributed by atoms with Gasteiger partial charge < -0.3 is 20.9 Å². The molecule has 1 saturated carbocycles. The topological polar surface area (TPSA) is 105 Å². The van der Waals surface area contributed by atoms with Gasteiger partial charge in [0.25, 0.3) is 0 Å². The molecule has 0 bridgehead atoms. The fourth-order valence-electron chi connectivity index (χ4n) is 3.95. The van der Waals surface area contributed by atoms with Crippen LogP contribution in [-0.4, -0.2) is 18.0 Å². The van der Waals surface area contributed by atoms with E-state index in [-0.39, 0.29) is 18.7 Å². The second-order valence-electron chi connectivity index (χ2n) is 8.44. The molecule has 0 atom stereocenters. The van der Waals surface area contributed by atoms with E-state index < -0.39 is 5.97 Å². The molecule has 2 aromatic carbocycles.